The largest absolute Gasteiger partial charge is 0.496 e. The van der Waals surface area contributed by atoms with E-state index in [0.29, 0.717) is 22.4 Å². The molecule has 4 aromatic rings. The summed E-state index contributed by atoms with van der Waals surface area (Å²) in [6, 6.07) is 11.5. The number of hydrogen-bond donors (Lipinski definition) is 1. The van der Waals surface area contributed by atoms with Crippen molar-refractivity contribution in [3.63, 3.8) is 0 Å². The van der Waals surface area contributed by atoms with Crippen LogP contribution in [0.3, 0.4) is 0 Å². The lowest BCUT2D eigenvalue weighted by atomic mass is 9.94. The van der Waals surface area contributed by atoms with Gasteiger partial charge in [-0.25, -0.2) is 13.6 Å². The van der Waals surface area contributed by atoms with Gasteiger partial charge in [-0.15, -0.1) is 0 Å². The van der Waals surface area contributed by atoms with E-state index in [1.54, 1.807) is 19.1 Å². The topological polar surface area (TPSA) is 77.8 Å². The highest BCUT2D eigenvalue weighted by atomic mass is 19.1. The fourth-order valence-electron chi connectivity index (χ4n) is 3.92. The Morgan fingerprint density at radius 2 is 1.68 bits per heavy atom. The molecule has 3 aromatic carbocycles. The number of ether oxygens (including phenoxy) is 2. The maximum absolute atomic E-state index is 16.0. The van der Waals surface area contributed by atoms with Gasteiger partial charge in [0.05, 0.1) is 25.2 Å². The van der Waals surface area contributed by atoms with Crippen molar-refractivity contribution < 1.29 is 32.3 Å². The first-order valence-electron chi connectivity index (χ1n) is 10.3. The second-order valence-corrected chi connectivity index (χ2v) is 7.55. The number of furan rings is 1. The number of rotatable bonds is 5. The number of nitrogens with one attached hydrogen (secondary N) is 1. The second kappa shape index (κ2) is 8.97. The van der Waals surface area contributed by atoms with Gasteiger partial charge in [-0.1, -0.05) is 0 Å². The van der Waals surface area contributed by atoms with Crippen molar-refractivity contribution in [3.8, 4) is 28.2 Å². The Kier molecular flexibility index (Phi) is 6.06. The average Bonchev–Trinajstić information content (AvgIpc) is 3.24. The van der Waals surface area contributed by atoms with Crippen LogP contribution in [0.2, 0.25) is 0 Å². The highest BCUT2D eigenvalue weighted by molar-refractivity contribution is 6.12. The minimum Gasteiger partial charge on any atom is -0.496 e. The molecule has 34 heavy (non-hydrogen) atoms. The van der Waals surface area contributed by atoms with Gasteiger partial charge in [-0.2, -0.15) is 0 Å². The number of methoxy groups -OCH3 is 2. The summed E-state index contributed by atoms with van der Waals surface area (Å²) in [7, 11) is 4.09. The van der Waals surface area contributed by atoms with Gasteiger partial charge in [0.15, 0.2) is 0 Å². The van der Waals surface area contributed by atoms with Gasteiger partial charge in [-0.3, -0.25) is 4.79 Å². The molecule has 0 saturated heterocycles. The van der Waals surface area contributed by atoms with Crippen LogP contribution in [0.4, 0.5) is 8.78 Å². The minimum absolute atomic E-state index is 0.0113. The van der Waals surface area contributed by atoms with E-state index in [1.165, 1.54) is 57.7 Å². The van der Waals surface area contributed by atoms with Crippen molar-refractivity contribution in [2.24, 2.45) is 0 Å². The molecule has 0 aliphatic rings. The number of amides is 1. The molecule has 0 aliphatic heterocycles. The Morgan fingerprint density at radius 3 is 2.29 bits per heavy atom. The quantitative estimate of drug-likeness (QED) is 0.394. The number of aryl methyl sites for hydroxylation is 1. The monoisotopic (exact) mass is 465 g/mol. The first-order valence-corrected chi connectivity index (χ1v) is 10.3. The maximum Gasteiger partial charge on any atom is 0.341 e. The van der Waals surface area contributed by atoms with Crippen LogP contribution in [0.5, 0.6) is 5.75 Å². The van der Waals surface area contributed by atoms with Crippen LogP contribution < -0.4 is 10.1 Å². The van der Waals surface area contributed by atoms with Gasteiger partial charge >= 0.3 is 5.97 Å². The Morgan fingerprint density at radius 1 is 0.971 bits per heavy atom. The zero-order valence-corrected chi connectivity index (χ0v) is 18.9. The predicted molar refractivity (Wildman–Crippen MR) is 123 cm³/mol. The van der Waals surface area contributed by atoms with Gasteiger partial charge < -0.3 is 19.2 Å². The maximum atomic E-state index is 16.0. The van der Waals surface area contributed by atoms with Crippen molar-refractivity contribution in [2.75, 3.05) is 21.3 Å². The molecule has 6 nitrogen and oxygen atoms in total. The van der Waals surface area contributed by atoms with Crippen molar-refractivity contribution in [3.05, 3.63) is 76.9 Å². The van der Waals surface area contributed by atoms with Crippen LogP contribution in [0, 0.1) is 18.6 Å². The molecule has 1 amide bonds. The zero-order chi connectivity index (χ0) is 24.6. The Labute approximate surface area is 194 Å². The molecule has 174 valence electrons. The molecule has 8 heteroatoms. The molecule has 0 fully saturated rings. The molecule has 0 saturated carbocycles. The van der Waals surface area contributed by atoms with E-state index < -0.39 is 23.5 Å². The van der Waals surface area contributed by atoms with Crippen LogP contribution in [0.15, 0.2) is 52.9 Å². The van der Waals surface area contributed by atoms with Gasteiger partial charge in [0.25, 0.3) is 5.91 Å². The number of hydrogen-bond acceptors (Lipinski definition) is 5. The Hall–Kier alpha value is -4.20. The minimum atomic E-state index is -0.697. The highest BCUT2D eigenvalue weighted by Crippen LogP contribution is 2.40. The molecular weight excluding hydrogens is 444 g/mol. The summed E-state index contributed by atoms with van der Waals surface area (Å²) in [5.41, 5.74) is 1.93. The molecule has 1 aromatic heterocycles. The van der Waals surface area contributed by atoms with E-state index in [9.17, 15) is 14.0 Å². The van der Waals surface area contributed by atoms with Crippen molar-refractivity contribution in [1.29, 1.82) is 0 Å². The zero-order valence-electron chi connectivity index (χ0n) is 18.9. The molecule has 1 N–H and O–H groups in total. The molecule has 0 radical (unpaired) electrons. The van der Waals surface area contributed by atoms with Crippen LogP contribution in [-0.4, -0.2) is 33.1 Å². The first kappa shape index (κ1) is 23.0. The molecule has 4 rings (SSSR count). The lowest BCUT2D eigenvalue weighted by Crippen LogP contribution is -2.18. The van der Waals surface area contributed by atoms with E-state index >= 15 is 4.39 Å². The number of halogens is 2. The van der Waals surface area contributed by atoms with Gasteiger partial charge in [0.2, 0.25) is 0 Å². The SMILES string of the molecule is CNC(=O)c1c(-c2ccc(F)cc2)oc2ccc(-c3cc(C(=O)OC)c(OC)cc3C)c(F)c12. The Bertz CT molecular complexity index is 1420. The van der Waals surface area contributed by atoms with Crippen LogP contribution in [0.1, 0.15) is 26.3 Å². The summed E-state index contributed by atoms with van der Waals surface area (Å²) in [4.78, 5) is 25.1. The van der Waals surface area contributed by atoms with Gasteiger partial charge in [0, 0.05) is 18.2 Å². The number of carbonyl (C=O) groups excluding carboxylic acids is 2. The summed E-state index contributed by atoms with van der Waals surface area (Å²) in [5.74, 6) is -1.93. The van der Waals surface area contributed by atoms with E-state index in [0.717, 1.165) is 0 Å². The summed E-state index contributed by atoms with van der Waals surface area (Å²) in [6.07, 6.45) is 0. The molecule has 0 spiro atoms. The normalized spacial score (nSPS) is 10.9. The lowest BCUT2D eigenvalue weighted by Gasteiger charge is -2.14. The van der Waals surface area contributed by atoms with Crippen molar-refractivity contribution >= 4 is 22.8 Å². The highest BCUT2D eigenvalue weighted by Gasteiger charge is 2.27. The van der Waals surface area contributed by atoms with Crippen molar-refractivity contribution in [1.82, 2.24) is 5.32 Å². The third-order valence-electron chi connectivity index (χ3n) is 5.60. The second-order valence-electron chi connectivity index (χ2n) is 7.55. The van der Waals surface area contributed by atoms with E-state index in [1.807, 2.05) is 0 Å². The van der Waals surface area contributed by atoms with Crippen LogP contribution in [0.25, 0.3) is 33.4 Å². The third kappa shape index (κ3) is 3.77. The molecule has 0 unspecified atom stereocenters. The third-order valence-corrected chi connectivity index (χ3v) is 5.60. The van der Waals surface area contributed by atoms with Crippen molar-refractivity contribution in [2.45, 2.75) is 6.92 Å². The van der Waals surface area contributed by atoms with Crippen LogP contribution >= 0.6 is 0 Å². The standard InChI is InChI=1S/C26H21F2NO5/c1-13-11-20(32-3)18(26(31)33-4)12-17(13)16-9-10-19-21(23(16)28)22(25(30)29-2)24(34-19)14-5-7-15(27)8-6-14/h5-12H,1-4H3,(H,29,30). The molecule has 0 atom stereocenters. The lowest BCUT2D eigenvalue weighted by molar-refractivity contribution is 0.0597. The van der Waals surface area contributed by atoms with Gasteiger partial charge in [-0.05, 0) is 66.6 Å². The molecular formula is C26H21F2NO5. The average molecular weight is 465 g/mol. The predicted octanol–water partition coefficient (Wildman–Crippen LogP) is 5.51. The Balaban J connectivity index is 2.01. The van der Waals surface area contributed by atoms with E-state index in [2.05, 4.69) is 5.32 Å². The summed E-state index contributed by atoms with van der Waals surface area (Å²) in [6.45, 7) is 1.75. The fourth-order valence-corrected chi connectivity index (χ4v) is 3.92. The van der Waals surface area contributed by atoms with E-state index in [-0.39, 0.29) is 33.4 Å². The van der Waals surface area contributed by atoms with Crippen LogP contribution in [-0.2, 0) is 4.74 Å². The summed E-state index contributed by atoms with van der Waals surface area (Å²) >= 11 is 0. The van der Waals surface area contributed by atoms with Gasteiger partial charge in [0.1, 0.15) is 34.3 Å². The molecule has 0 bridgehead atoms. The summed E-state index contributed by atoms with van der Waals surface area (Å²) < 4.78 is 45.4. The molecule has 1 heterocycles. The first-order chi connectivity index (χ1) is 16.3. The summed E-state index contributed by atoms with van der Waals surface area (Å²) in [5, 5.41) is 2.49. The number of carbonyl (C=O) groups is 2. The number of fused-ring (bicyclic) bond motifs is 1. The fraction of sp³-hybridized carbons (Fsp3) is 0.154. The number of benzene rings is 3. The molecule has 0 aliphatic carbocycles. The van der Waals surface area contributed by atoms with E-state index in [4.69, 9.17) is 13.9 Å². The smallest absolute Gasteiger partial charge is 0.341 e. The number of esters is 1.